The maximum Gasteiger partial charge on any atom is 0.0931 e. The van der Waals surface area contributed by atoms with Crippen molar-refractivity contribution in [1.29, 1.82) is 0 Å². The Morgan fingerprint density at radius 3 is 2.90 bits per heavy atom. The molecule has 1 aromatic heterocycles. The lowest BCUT2D eigenvalue weighted by Crippen LogP contribution is -2.37. The molecule has 2 heterocycles. The Morgan fingerprint density at radius 1 is 1.29 bits per heavy atom. The van der Waals surface area contributed by atoms with Crippen LogP contribution in [0, 0.1) is 0 Å². The molecule has 2 aromatic rings. The number of hydrogen-bond donors (Lipinski definition) is 1. The molecule has 0 aliphatic carbocycles. The Labute approximate surface area is 140 Å². The standard InChI is InChI=1S/C17H20ClNS2/c1-2-9-19-15(10-12-7-8-17(18)21-12)14-11-20-16-6-4-3-5-13(14)16/h3-8,14-15,19H,2,9-11H2,1H3. The lowest BCUT2D eigenvalue weighted by atomic mass is 9.90. The Bertz CT molecular complexity index is 596. The summed E-state index contributed by atoms with van der Waals surface area (Å²) >= 11 is 9.78. The molecule has 0 amide bonds. The number of benzene rings is 1. The first-order valence-electron chi connectivity index (χ1n) is 7.47. The fourth-order valence-corrected chi connectivity index (χ4v) is 5.36. The van der Waals surface area contributed by atoms with Crippen LogP contribution in [0.25, 0.3) is 0 Å². The van der Waals surface area contributed by atoms with E-state index in [1.165, 1.54) is 27.5 Å². The third-order valence-corrected chi connectivity index (χ3v) is 6.39. The average Bonchev–Trinajstić information content (AvgIpc) is 3.09. The van der Waals surface area contributed by atoms with Gasteiger partial charge in [-0.15, -0.1) is 23.1 Å². The molecule has 1 N–H and O–H groups in total. The summed E-state index contributed by atoms with van der Waals surface area (Å²) in [6, 6.07) is 13.5. The van der Waals surface area contributed by atoms with E-state index in [0.717, 1.165) is 17.3 Å². The molecule has 0 bridgehead atoms. The van der Waals surface area contributed by atoms with Gasteiger partial charge in [0.1, 0.15) is 0 Å². The maximum atomic E-state index is 6.08. The van der Waals surface area contributed by atoms with E-state index in [0.29, 0.717) is 12.0 Å². The molecular formula is C17H20ClNS2. The molecule has 1 aliphatic rings. The molecule has 1 aliphatic heterocycles. The summed E-state index contributed by atoms with van der Waals surface area (Å²) in [6.45, 7) is 3.30. The minimum atomic E-state index is 0.496. The van der Waals surface area contributed by atoms with Gasteiger partial charge in [0.2, 0.25) is 0 Å². The summed E-state index contributed by atoms with van der Waals surface area (Å²) in [7, 11) is 0. The molecule has 1 nitrogen and oxygen atoms in total. The van der Waals surface area contributed by atoms with Crippen molar-refractivity contribution in [3.8, 4) is 0 Å². The van der Waals surface area contributed by atoms with Crippen LogP contribution in [0.2, 0.25) is 4.34 Å². The van der Waals surface area contributed by atoms with Crippen LogP contribution in [0.1, 0.15) is 29.7 Å². The SMILES string of the molecule is CCCNC(Cc1ccc(Cl)s1)C1CSc2ccccc21. The Hall–Kier alpha value is -0.480. The first kappa shape index (κ1) is 15.4. The summed E-state index contributed by atoms with van der Waals surface area (Å²) < 4.78 is 0.889. The van der Waals surface area contributed by atoms with Crippen LogP contribution in [0.15, 0.2) is 41.3 Å². The van der Waals surface area contributed by atoms with Crippen molar-refractivity contribution in [3.05, 3.63) is 51.2 Å². The minimum Gasteiger partial charge on any atom is -0.313 e. The summed E-state index contributed by atoms with van der Waals surface area (Å²) in [6.07, 6.45) is 2.24. The lowest BCUT2D eigenvalue weighted by Gasteiger charge is -2.25. The zero-order valence-corrected chi connectivity index (χ0v) is 14.5. The zero-order chi connectivity index (χ0) is 14.7. The van der Waals surface area contributed by atoms with E-state index in [1.54, 1.807) is 11.3 Å². The van der Waals surface area contributed by atoms with Gasteiger partial charge in [0.15, 0.2) is 0 Å². The second kappa shape index (κ2) is 7.19. The predicted molar refractivity (Wildman–Crippen MR) is 95.0 cm³/mol. The lowest BCUT2D eigenvalue weighted by molar-refractivity contribution is 0.454. The number of thioether (sulfide) groups is 1. The average molecular weight is 338 g/mol. The first-order chi connectivity index (χ1) is 10.3. The molecule has 112 valence electrons. The highest BCUT2D eigenvalue weighted by molar-refractivity contribution is 7.99. The highest BCUT2D eigenvalue weighted by Crippen LogP contribution is 2.42. The number of nitrogens with one attached hydrogen (secondary N) is 1. The largest absolute Gasteiger partial charge is 0.313 e. The molecule has 4 heteroatoms. The third kappa shape index (κ3) is 3.65. The Morgan fingerprint density at radius 2 is 2.14 bits per heavy atom. The third-order valence-electron chi connectivity index (χ3n) is 3.93. The summed E-state index contributed by atoms with van der Waals surface area (Å²) in [4.78, 5) is 2.83. The van der Waals surface area contributed by atoms with Crippen molar-refractivity contribution in [2.24, 2.45) is 0 Å². The van der Waals surface area contributed by atoms with E-state index in [9.17, 15) is 0 Å². The van der Waals surface area contributed by atoms with E-state index < -0.39 is 0 Å². The molecule has 3 rings (SSSR count). The van der Waals surface area contributed by atoms with Crippen molar-refractivity contribution < 1.29 is 0 Å². The first-order valence-corrected chi connectivity index (χ1v) is 9.65. The predicted octanol–water partition coefficient (Wildman–Crippen LogP) is 5.20. The molecule has 2 unspecified atom stereocenters. The van der Waals surface area contributed by atoms with Gasteiger partial charge in [-0.05, 0) is 43.1 Å². The van der Waals surface area contributed by atoms with E-state index in [2.05, 4.69) is 42.6 Å². The molecule has 0 spiro atoms. The second-order valence-corrected chi connectivity index (χ2v) is 8.29. The molecular weight excluding hydrogens is 318 g/mol. The fraction of sp³-hybridized carbons (Fsp3) is 0.412. The van der Waals surface area contributed by atoms with Gasteiger partial charge in [0.05, 0.1) is 4.34 Å². The van der Waals surface area contributed by atoms with Gasteiger partial charge in [-0.2, -0.15) is 0 Å². The second-order valence-electron chi connectivity index (χ2n) is 5.43. The van der Waals surface area contributed by atoms with Gasteiger partial charge in [0, 0.05) is 27.5 Å². The van der Waals surface area contributed by atoms with Crippen molar-refractivity contribution in [2.75, 3.05) is 12.3 Å². The topological polar surface area (TPSA) is 12.0 Å². The van der Waals surface area contributed by atoms with Crippen molar-refractivity contribution >= 4 is 34.7 Å². The summed E-state index contributed by atoms with van der Waals surface area (Å²) in [5.74, 6) is 1.78. The number of rotatable bonds is 6. The van der Waals surface area contributed by atoms with Gasteiger partial charge in [0.25, 0.3) is 0 Å². The van der Waals surface area contributed by atoms with Gasteiger partial charge in [-0.3, -0.25) is 0 Å². The van der Waals surface area contributed by atoms with Gasteiger partial charge >= 0.3 is 0 Å². The quantitative estimate of drug-likeness (QED) is 0.777. The van der Waals surface area contributed by atoms with E-state index in [1.807, 2.05) is 17.8 Å². The van der Waals surface area contributed by atoms with Crippen molar-refractivity contribution in [1.82, 2.24) is 5.32 Å². The zero-order valence-electron chi connectivity index (χ0n) is 12.1. The van der Waals surface area contributed by atoms with Crippen LogP contribution >= 0.6 is 34.7 Å². The number of fused-ring (bicyclic) bond motifs is 1. The van der Waals surface area contributed by atoms with Crippen molar-refractivity contribution in [3.63, 3.8) is 0 Å². The van der Waals surface area contributed by atoms with E-state index in [4.69, 9.17) is 11.6 Å². The van der Waals surface area contributed by atoms with Crippen LogP contribution < -0.4 is 5.32 Å². The van der Waals surface area contributed by atoms with Crippen LogP contribution in [0.3, 0.4) is 0 Å². The van der Waals surface area contributed by atoms with Crippen LogP contribution in [0.5, 0.6) is 0 Å². The molecule has 0 saturated heterocycles. The van der Waals surface area contributed by atoms with E-state index >= 15 is 0 Å². The molecule has 21 heavy (non-hydrogen) atoms. The van der Waals surface area contributed by atoms with E-state index in [-0.39, 0.29) is 0 Å². The molecule has 1 aromatic carbocycles. The number of halogens is 1. The number of thiophene rings is 1. The van der Waals surface area contributed by atoms with Crippen LogP contribution in [-0.4, -0.2) is 18.3 Å². The van der Waals surface area contributed by atoms with Gasteiger partial charge in [-0.1, -0.05) is 36.7 Å². The highest BCUT2D eigenvalue weighted by Gasteiger charge is 2.30. The smallest absolute Gasteiger partial charge is 0.0931 e. The molecule has 0 fully saturated rings. The molecule has 2 atom stereocenters. The monoisotopic (exact) mass is 337 g/mol. The molecule has 0 radical (unpaired) electrons. The van der Waals surface area contributed by atoms with Gasteiger partial charge in [-0.25, -0.2) is 0 Å². The Balaban J connectivity index is 1.79. The van der Waals surface area contributed by atoms with Crippen LogP contribution in [-0.2, 0) is 6.42 Å². The van der Waals surface area contributed by atoms with Crippen molar-refractivity contribution in [2.45, 2.75) is 36.6 Å². The van der Waals surface area contributed by atoms with Gasteiger partial charge < -0.3 is 5.32 Å². The Kier molecular flexibility index (Phi) is 5.28. The fourth-order valence-electron chi connectivity index (χ4n) is 2.89. The summed E-state index contributed by atoms with van der Waals surface area (Å²) in [5, 5.41) is 3.76. The highest BCUT2D eigenvalue weighted by atomic mass is 35.5. The number of hydrogen-bond acceptors (Lipinski definition) is 3. The summed E-state index contributed by atoms with van der Waals surface area (Å²) in [5.41, 5.74) is 1.51. The normalized spacial score (nSPS) is 18.7. The minimum absolute atomic E-state index is 0.496. The maximum absolute atomic E-state index is 6.08. The van der Waals surface area contributed by atoms with Crippen LogP contribution in [0.4, 0.5) is 0 Å². The molecule has 0 saturated carbocycles.